The SMILES string of the molecule is C#CCOc1ccc(-c2nnc(SCCCC(=O)OCC(C)C)o2)c(Cl)c1. The first kappa shape index (κ1) is 21.1. The first-order valence-electron chi connectivity index (χ1n) is 8.47. The minimum atomic E-state index is -0.186. The Labute approximate surface area is 168 Å². The van der Waals surface area contributed by atoms with Crippen LogP contribution in [-0.4, -0.2) is 35.1 Å². The van der Waals surface area contributed by atoms with Gasteiger partial charge in [0.05, 0.1) is 17.2 Å². The zero-order chi connectivity index (χ0) is 19.6. The monoisotopic (exact) mass is 408 g/mol. The highest BCUT2D eigenvalue weighted by Gasteiger charge is 2.13. The van der Waals surface area contributed by atoms with E-state index in [4.69, 9.17) is 31.9 Å². The summed E-state index contributed by atoms with van der Waals surface area (Å²) in [5.74, 6) is 4.11. The van der Waals surface area contributed by atoms with Crippen molar-refractivity contribution < 1.29 is 18.7 Å². The Balaban J connectivity index is 1.83. The molecule has 0 unspecified atom stereocenters. The van der Waals surface area contributed by atoms with Gasteiger partial charge in [0.2, 0.25) is 5.89 Å². The molecule has 0 radical (unpaired) electrons. The van der Waals surface area contributed by atoms with E-state index in [-0.39, 0.29) is 12.6 Å². The van der Waals surface area contributed by atoms with Crippen molar-refractivity contribution in [1.29, 1.82) is 0 Å². The molecule has 0 aliphatic heterocycles. The van der Waals surface area contributed by atoms with Gasteiger partial charge in [-0.1, -0.05) is 43.1 Å². The highest BCUT2D eigenvalue weighted by molar-refractivity contribution is 7.99. The van der Waals surface area contributed by atoms with Crippen LogP contribution in [0.1, 0.15) is 26.7 Å². The number of aromatic nitrogens is 2. The summed E-state index contributed by atoms with van der Waals surface area (Å²) in [7, 11) is 0. The molecule has 1 aromatic carbocycles. The molecule has 0 N–H and O–H groups in total. The molecule has 27 heavy (non-hydrogen) atoms. The molecule has 0 saturated carbocycles. The van der Waals surface area contributed by atoms with E-state index in [0.717, 1.165) is 0 Å². The van der Waals surface area contributed by atoms with E-state index in [1.165, 1.54) is 11.8 Å². The van der Waals surface area contributed by atoms with Crippen molar-refractivity contribution in [2.45, 2.75) is 31.9 Å². The Bertz CT molecular complexity index is 801. The molecule has 2 rings (SSSR count). The van der Waals surface area contributed by atoms with Gasteiger partial charge in [0, 0.05) is 12.2 Å². The number of ether oxygens (including phenoxy) is 2. The van der Waals surface area contributed by atoms with Gasteiger partial charge in [-0.3, -0.25) is 4.79 Å². The molecule has 1 aromatic heterocycles. The largest absolute Gasteiger partial charge is 0.481 e. The fourth-order valence-electron chi connectivity index (χ4n) is 1.97. The standard InChI is InChI=1S/C19H21ClN2O4S/c1-4-9-24-14-7-8-15(16(20)11-14)18-21-22-19(26-18)27-10-5-6-17(23)25-12-13(2)3/h1,7-8,11,13H,5-6,9-10,12H2,2-3H3. The quantitative estimate of drug-likeness (QED) is 0.248. The average molecular weight is 409 g/mol. The number of carbonyl (C=O) groups is 1. The highest BCUT2D eigenvalue weighted by Crippen LogP contribution is 2.32. The summed E-state index contributed by atoms with van der Waals surface area (Å²) >= 11 is 7.63. The second kappa shape index (κ2) is 10.9. The van der Waals surface area contributed by atoms with Gasteiger partial charge in [-0.05, 0) is 30.5 Å². The molecule has 1 heterocycles. The molecule has 8 heteroatoms. The number of hydrogen-bond donors (Lipinski definition) is 0. The Morgan fingerprint density at radius 3 is 2.93 bits per heavy atom. The number of thioether (sulfide) groups is 1. The summed E-state index contributed by atoms with van der Waals surface area (Å²) in [5.41, 5.74) is 0.612. The lowest BCUT2D eigenvalue weighted by atomic mass is 10.2. The van der Waals surface area contributed by atoms with Crippen LogP contribution >= 0.6 is 23.4 Å². The molecule has 0 aliphatic carbocycles. The van der Waals surface area contributed by atoms with Gasteiger partial charge in [-0.25, -0.2) is 0 Å². The van der Waals surface area contributed by atoms with Gasteiger partial charge < -0.3 is 13.9 Å². The zero-order valence-corrected chi connectivity index (χ0v) is 16.8. The van der Waals surface area contributed by atoms with Crippen LogP contribution in [-0.2, 0) is 9.53 Å². The van der Waals surface area contributed by atoms with E-state index in [1.54, 1.807) is 18.2 Å². The van der Waals surface area contributed by atoms with E-state index in [1.807, 2.05) is 13.8 Å². The van der Waals surface area contributed by atoms with E-state index in [0.29, 0.717) is 58.6 Å². The summed E-state index contributed by atoms with van der Waals surface area (Å²) in [6.45, 7) is 4.62. The van der Waals surface area contributed by atoms with Gasteiger partial charge in [-0.15, -0.1) is 16.6 Å². The van der Waals surface area contributed by atoms with Crippen LogP contribution in [0.5, 0.6) is 5.75 Å². The number of carbonyl (C=O) groups excluding carboxylic acids is 1. The smallest absolute Gasteiger partial charge is 0.305 e. The van der Waals surface area contributed by atoms with Gasteiger partial charge in [-0.2, -0.15) is 0 Å². The third-order valence-corrected chi connectivity index (χ3v) is 4.45. The summed E-state index contributed by atoms with van der Waals surface area (Å²) in [5, 5.41) is 8.86. The van der Waals surface area contributed by atoms with Crippen molar-refractivity contribution in [2.75, 3.05) is 19.0 Å². The maximum absolute atomic E-state index is 11.6. The third kappa shape index (κ3) is 7.16. The molecular formula is C19H21ClN2O4S. The Morgan fingerprint density at radius 1 is 1.41 bits per heavy atom. The van der Waals surface area contributed by atoms with Crippen molar-refractivity contribution >= 4 is 29.3 Å². The number of rotatable bonds is 10. The first-order chi connectivity index (χ1) is 13.0. The average Bonchev–Trinajstić information content (AvgIpc) is 3.10. The predicted octanol–water partition coefficient (Wildman–Crippen LogP) is 4.47. The van der Waals surface area contributed by atoms with E-state index in [9.17, 15) is 4.79 Å². The van der Waals surface area contributed by atoms with Crippen LogP contribution in [0.2, 0.25) is 5.02 Å². The Kier molecular flexibility index (Phi) is 8.49. The van der Waals surface area contributed by atoms with Gasteiger partial charge in [0.15, 0.2) is 0 Å². The molecule has 0 spiro atoms. The lowest BCUT2D eigenvalue weighted by Crippen LogP contribution is -2.09. The lowest BCUT2D eigenvalue weighted by Gasteiger charge is -2.06. The van der Waals surface area contributed by atoms with Gasteiger partial charge in [0.25, 0.3) is 5.22 Å². The van der Waals surface area contributed by atoms with Crippen LogP contribution in [0.4, 0.5) is 0 Å². The number of esters is 1. The molecule has 0 saturated heterocycles. The normalized spacial score (nSPS) is 10.6. The molecule has 6 nitrogen and oxygen atoms in total. The third-order valence-electron chi connectivity index (χ3n) is 3.23. The van der Waals surface area contributed by atoms with Crippen LogP contribution in [0.15, 0.2) is 27.8 Å². The number of hydrogen-bond acceptors (Lipinski definition) is 7. The summed E-state index contributed by atoms with van der Waals surface area (Å²) in [6, 6.07) is 5.12. The van der Waals surface area contributed by atoms with E-state index >= 15 is 0 Å². The summed E-state index contributed by atoms with van der Waals surface area (Å²) in [6.07, 6.45) is 6.20. The minimum absolute atomic E-state index is 0.169. The maximum atomic E-state index is 11.6. The topological polar surface area (TPSA) is 74.5 Å². The van der Waals surface area contributed by atoms with E-state index < -0.39 is 0 Å². The number of benzene rings is 1. The van der Waals surface area contributed by atoms with Crippen molar-refractivity contribution in [1.82, 2.24) is 10.2 Å². The summed E-state index contributed by atoms with van der Waals surface area (Å²) < 4.78 is 16.1. The van der Waals surface area contributed by atoms with Crippen molar-refractivity contribution in [3.8, 4) is 29.5 Å². The molecule has 2 aromatic rings. The number of terminal acetylenes is 1. The van der Waals surface area contributed by atoms with Crippen molar-refractivity contribution in [3.63, 3.8) is 0 Å². The molecule has 144 valence electrons. The fourth-order valence-corrected chi connectivity index (χ4v) is 2.92. The zero-order valence-electron chi connectivity index (χ0n) is 15.2. The molecular weight excluding hydrogens is 388 g/mol. The second-order valence-corrected chi connectivity index (χ2v) is 7.49. The van der Waals surface area contributed by atoms with Crippen LogP contribution in [0.3, 0.4) is 0 Å². The summed E-state index contributed by atoms with van der Waals surface area (Å²) in [4.78, 5) is 11.6. The Hall–Kier alpha value is -2.17. The highest BCUT2D eigenvalue weighted by atomic mass is 35.5. The molecule has 0 fully saturated rings. The Morgan fingerprint density at radius 2 is 2.22 bits per heavy atom. The maximum Gasteiger partial charge on any atom is 0.305 e. The molecule has 0 atom stereocenters. The van der Waals surface area contributed by atoms with E-state index in [2.05, 4.69) is 16.1 Å². The fraction of sp³-hybridized carbons (Fsp3) is 0.421. The van der Waals surface area contributed by atoms with Crippen LogP contribution < -0.4 is 4.74 Å². The molecule has 0 aliphatic rings. The van der Waals surface area contributed by atoms with Crippen LogP contribution in [0.25, 0.3) is 11.5 Å². The first-order valence-corrected chi connectivity index (χ1v) is 9.84. The number of halogens is 1. The number of nitrogens with zero attached hydrogens (tertiary/aromatic N) is 2. The van der Waals surface area contributed by atoms with Crippen molar-refractivity contribution in [2.24, 2.45) is 5.92 Å². The minimum Gasteiger partial charge on any atom is -0.481 e. The second-order valence-electron chi connectivity index (χ2n) is 6.04. The predicted molar refractivity (Wildman–Crippen MR) is 105 cm³/mol. The lowest BCUT2D eigenvalue weighted by molar-refractivity contribution is -0.144. The van der Waals surface area contributed by atoms with Crippen molar-refractivity contribution in [3.05, 3.63) is 23.2 Å². The molecule has 0 bridgehead atoms. The van der Waals surface area contributed by atoms with Crippen LogP contribution in [0, 0.1) is 18.3 Å². The molecule has 0 amide bonds. The van der Waals surface area contributed by atoms with Gasteiger partial charge in [0.1, 0.15) is 12.4 Å². The van der Waals surface area contributed by atoms with Gasteiger partial charge >= 0.3 is 5.97 Å².